The van der Waals surface area contributed by atoms with Crippen molar-refractivity contribution in [3.05, 3.63) is 47.8 Å². The van der Waals surface area contributed by atoms with E-state index in [2.05, 4.69) is 20.3 Å². The van der Waals surface area contributed by atoms with Crippen molar-refractivity contribution in [3.8, 4) is 5.75 Å². The second-order valence-corrected chi connectivity index (χ2v) is 8.78. The molecular weight excluding hydrogens is 427 g/mol. The standard InChI is InChI=1S/C23H27FN6O3/c1-14-18(11-15(24)12-25-14)19-3-2-9-29(19)21-8-10-30-22(28-21)20(13-26-30)33-23(32)27-16-4-6-17(31)7-5-16/h8,10-13,16-17,19,31H,2-7,9H2,1H3,(H,27,32)/t16-,17+,19-/m1/s1. The Hall–Kier alpha value is -3.27. The van der Waals surface area contributed by atoms with E-state index in [1.807, 2.05) is 13.0 Å². The number of hydrogen-bond acceptors (Lipinski definition) is 7. The lowest BCUT2D eigenvalue weighted by atomic mass is 9.93. The largest absolute Gasteiger partial charge is 0.413 e. The summed E-state index contributed by atoms with van der Waals surface area (Å²) in [6.07, 6.45) is 8.24. The molecule has 9 nitrogen and oxygen atoms in total. The van der Waals surface area contributed by atoms with Gasteiger partial charge in [-0.3, -0.25) is 4.98 Å². The quantitative estimate of drug-likeness (QED) is 0.623. The normalized spacial score (nSPS) is 23.1. The number of carbonyl (C=O) groups excluding carboxylic acids is 1. The minimum atomic E-state index is -0.556. The molecule has 2 aliphatic rings. The molecule has 1 amide bonds. The van der Waals surface area contributed by atoms with Crippen molar-refractivity contribution in [2.24, 2.45) is 0 Å². The van der Waals surface area contributed by atoms with Gasteiger partial charge in [-0.1, -0.05) is 0 Å². The molecule has 3 aromatic heterocycles. The molecule has 3 aromatic rings. The van der Waals surface area contributed by atoms with Gasteiger partial charge in [-0.15, -0.1) is 0 Å². The smallest absolute Gasteiger partial charge is 0.405 e. The number of anilines is 1. The Labute approximate surface area is 190 Å². The minimum absolute atomic E-state index is 0.0141. The first-order valence-electron chi connectivity index (χ1n) is 11.4. The molecular formula is C23H27FN6O3. The zero-order chi connectivity index (χ0) is 22.9. The van der Waals surface area contributed by atoms with Crippen molar-refractivity contribution < 1.29 is 19.0 Å². The molecule has 1 saturated heterocycles. The SMILES string of the molecule is Cc1ncc(F)cc1[C@H]1CCCN1c1ccn2ncc(OC(=O)N[C@H]3CC[C@@H](O)CC3)c2n1. The van der Waals surface area contributed by atoms with Gasteiger partial charge in [0.1, 0.15) is 11.6 Å². The Morgan fingerprint density at radius 3 is 2.88 bits per heavy atom. The maximum absolute atomic E-state index is 13.9. The summed E-state index contributed by atoms with van der Waals surface area (Å²) in [7, 11) is 0. The van der Waals surface area contributed by atoms with E-state index in [1.165, 1.54) is 12.4 Å². The predicted molar refractivity (Wildman–Crippen MR) is 119 cm³/mol. The number of rotatable bonds is 4. The Morgan fingerprint density at radius 1 is 1.24 bits per heavy atom. The first-order valence-corrected chi connectivity index (χ1v) is 11.4. The minimum Gasteiger partial charge on any atom is -0.405 e. The number of nitrogens with one attached hydrogen (secondary N) is 1. The Balaban J connectivity index is 1.35. The maximum Gasteiger partial charge on any atom is 0.413 e. The molecule has 174 valence electrons. The van der Waals surface area contributed by atoms with Gasteiger partial charge in [-0.25, -0.2) is 18.7 Å². The zero-order valence-electron chi connectivity index (χ0n) is 18.4. The summed E-state index contributed by atoms with van der Waals surface area (Å²) in [6.45, 7) is 2.67. The number of hydrogen-bond donors (Lipinski definition) is 2. The summed E-state index contributed by atoms with van der Waals surface area (Å²) in [5.74, 6) is 0.626. The van der Waals surface area contributed by atoms with Gasteiger partial charge in [0.05, 0.1) is 24.5 Å². The van der Waals surface area contributed by atoms with Crippen LogP contribution in [0, 0.1) is 12.7 Å². The molecule has 2 fully saturated rings. The molecule has 1 aliphatic carbocycles. The topological polar surface area (TPSA) is 105 Å². The Bertz CT molecular complexity index is 1160. The highest BCUT2D eigenvalue weighted by molar-refractivity contribution is 5.73. The fraction of sp³-hybridized carbons (Fsp3) is 0.478. The number of aliphatic hydroxyl groups excluding tert-OH is 1. The number of aromatic nitrogens is 4. The van der Waals surface area contributed by atoms with Crippen LogP contribution in [0.2, 0.25) is 0 Å². The number of nitrogens with zero attached hydrogens (tertiary/aromatic N) is 5. The van der Waals surface area contributed by atoms with Gasteiger partial charge < -0.3 is 20.1 Å². The Morgan fingerprint density at radius 2 is 2.06 bits per heavy atom. The fourth-order valence-electron chi connectivity index (χ4n) is 4.81. The molecule has 0 bridgehead atoms. The number of aliphatic hydroxyl groups is 1. The van der Waals surface area contributed by atoms with Crippen molar-refractivity contribution >= 4 is 17.6 Å². The van der Waals surface area contributed by atoms with Gasteiger partial charge in [0.25, 0.3) is 0 Å². The van der Waals surface area contributed by atoms with E-state index in [0.717, 1.165) is 43.5 Å². The molecule has 1 saturated carbocycles. The lowest BCUT2D eigenvalue weighted by molar-refractivity contribution is 0.115. The van der Waals surface area contributed by atoms with Crippen LogP contribution in [-0.4, -0.2) is 49.5 Å². The first kappa shape index (κ1) is 21.6. The van der Waals surface area contributed by atoms with Crippen molar-refractivity contribution in [1.29, 1.82) is 0 Å². The van der Waals surface area contributed by atoms with Crippen molar-refractivity contribution in [1.82, 2.24) is 24.9 Å². The molecule has 4 heterocycles. The zero-order valence-corrected chi connectivity index (χ0v) is 18.4. The average molecular weight is 455 g/mol. The Kier molecular flexibility index (Phi) is 5.84. The highest BCUT2D eigenvalue weighted by Crippen LogP contribution is 2.37. The summed E-state index contributed by atoms with van der Waals surface area (Å²) in [5, 5.41) is 16.7. The molecule has 0 unspecified atom stereocenters. The van der Waals surface area contributed by atoms with Crippen LogP contribution in [0.15, 0.2) is 30.7 Å². The van der Waals surface area contributed by atoms with Gasteiger partial charge in [0.2, 0.25) is 5.65 Å². The highest BCUT2D eigenvalue weighted by atomic mass is 19.1. The second kappa shape index (κ2) is 8.93. The van der Waals surface area contributed by atoms with Crippen LogP contribution in [-0.2, 0) is 0 Å². The van der Waals surface area contributed by atoms with Gasteiger partial charge in [0.15, 0.2) is 5.75 Å². The van der Waals surface area contributed by atoms with Gasteiger partial charge in [-0.05, 0) is 63.1 Å². The lowest BCUT2D eigenvalue weighted by Crippen LogP contribution is -2.40. The lowest BCUT2D eigenvalue weighted by Gasteiger charge is -2.27. The molecule has 1 aliphatic heterocycles. The van der Waals surface area contributed by atoms with Crippen LogP contribution in [0.3, 0.4) is 0 Å². The van der Waals surface area contributed by atoms with Crippen LogP contribution in [0.5, 0.6) is 5.75 Å². The van der Waals surface area contributed by atoms with Crippen LogP contribution in [0.4, 0.5) is 15.0 Å². The van der Waals surface area contributed by atoms with E-state index in [1.54, 1.807) is 16.8 Å². The number of aryl methyl sites for hydroxylation is 1. The van der Waals surface area contributed by atoms with Gasteiger partial charge in [-0.2, -0.15) is 5.10 Å². The number of carbonyl (C=O) groups is 1. The van der Waals surface area contributed by atoms with Crippen molar-refractivity contribution in [2.45, 2.75) is 63.6 Å². The molecule has 0 aromatic carbocycles. The third-order valence-corrected chi connectivity index (χ3v) is 6.54. The van der Waals surface area contributed by atoms with Crippen LogP contribution >= 0.6 is 0 Å². The maximum atomic E-state index is 13.9. The van der Waals surface area contributed by atoms with Crippen molar-refractivity contribution in [2.75, 3.05) is 11.4 Å². The molecule has 0 radical (unpaired) electrons. The van der Waals surface area contributed by atoms with E-state index in [4.69, 9.17) is 9.72 Å². The highest BCUT2D eigenvalue weighted by Gasteiger charge is 2.30. The first-order chi connectivity index (χ1) is 16.0. The summed E-state index contributed by atoms with van der Waals surface area (Å²) < 4.78 is 21.0. The van der Waals surface area contributed by atoms with E-state index < -0.39 is 6.09 Å². The average Bonchev–Trinajstić information content (AvgIpc) is 3.44. The van der Waals surface area contributed by atoms with E-state index in [9.17, 15) is 14.3 Å². The van der Waals surface area contributed by atoms with Crippen LogP contribution in [0.25, 0.3) is 5.65 Å². The number of fused-ring (bicyclic) bond motifs is 1. The number of halogens is 1. The summed E-state index contributed by atoms with van der Waals surface area (Å²) in [6, 6.07) is 3.36. The number of amides is 1. The van der Waals surface area contributed by atoms with E-state index in [0.29, 0.717) is 24.3 Å². The molecule has 10 heteroatoms. The second-order valence-electron chi connectivity index (χ2n) is 8.78. The van der Waals surface area contributed by atoms with Crippen molar-refractivity contribution in [3.63, 3.8) is 0 Å². The number of pyridine rings is 1. The van der Waals surface area contributed by atoms with E-state index in [-0.39, 0.29) is 29.8 Å². The summed E-state index contributed by atoms with van der Waals surface area (Å²) in [5.41, 5.74) is 2.09. The van der Waals surface area contributed by atoms with Crippen LogP contribution < -0.4 is 15.0 Å². The van der Waals surface area contributed by atoms with Gasteiger partial charge in [0, 0.05) is 24.5 Å². The summed E-state index contributed by atoms with van der Waals surface area (Å²) in [4.78, 5) is 23.5. The monoisotopic (exact) mass is 454 g/mol. The fourth-order valence-corrected chi connectivity index (χ4v) is 4.81. The van der Waals surface area contributed by atoms with Crippen LogP contribution in [0.1, 0.15) is 55.8 Å². The summed E-state index contributed by atoms with van der Waals surface area (Å²) >= 11 is 0. The molecule has 2 N–H and O–H groups in total. The molecule has 33 heavy (non-hydrogen) atoms. The molecule has 5 rings (SSSR count). The van der Waals surface area contributed by atoms with E-state index >= 15 is 0 Å². The molecule has 0 spiro atoms. The number of ether oxygens (including phenoxy) is 1. The third kappa shape index (κ3) is 4.47. The van der Waals surface area contributed by atoms with Gasteiger partial charge >= 0.3 is 6.09 Å². The third-order valence-electron chi connectivity index (χ3n) is 6.54. The predicted octanol–water partition coefficient (Wildman–Crippen LogP) is 3.31. The molecule has 1 atom stereocenters.